The fraction of sp³-hybridized carbons (Fsp3) is 0.636. The Kier molecular flexibility index (Phi) is 4.85. The minimum absolute atomic E-state index is 0.211. The van der Waals surface area contributed by atoms with Crippen LogP contribution in [0.4, 0.5) is 0 Å². The second-order valence-corrected chi connectivity index (χ2v) is 4.23. The molecule has 1 aliphatic heterocycles. The van der Waals surface area contributed by atoms with Crippen molar-refractivity contribution in [3.8, 4) is 0 Å². The van der Waals surface area contributed by atoms with Gasteiger partial charge in [0.05, 0.1) is 6.54 Å². The van der Waals surface area contributed by atoms with Crippen LogP contribution in [0.3, 0.4) is 0 Å². The first kappa shape index (κ1) is 14.9. The van der Waals surface area contributed by atoms with E-state index in [1.165, 1.54) is 11.8 Å². The van der Waals surface area contributed by atoms with E-state index >= 15 is 0 Å². The number of hydrogen-bond donors (Lipinski definition) is 2. The lowest BCUT2D eigenvalue weighted by Crippen LogP contribution is -2.58. The number of carboxylic acids is 1. The standard InChI is InChI=1S/C11H17N3O5/c1-3-13-4-5-14(10(17)9(13)16)6-8(11(18)19)12-7(2)15/h8H,3-6H2,1-2H3,(H,12,15)(H,18,19). The first-order chi connectivity index (χ1) is 8.86. The summed E-state index contributed by atoms with van der Waals surface area (Å²) in [6, 6.07) is -1.21. The number of carboxylic acid groups (broad SMARTS) is 1. The van der Waals surface area contributed by atoms with Crippen LogP contribution < -0.4 is 5.32 Å². The summed E-state index contributed by atoms with van der Waals surface area (Å²) in [5.41, 5.74) is 0. The van der Waals surface area contributed by atoms with Crippen LogP contribution in [0.5, 0.6) is 0 Å². The molecule has 0 saturated carbocycles. The molecule has 1 atom stereocenters. The molecular formula is C11H17N3O5. The van der Waals surface area contributed by atoms with Gasteiger partial charge in [0.15, 0.2) is 0 Å². The Morgan fingerprint density at radius 2 is 1.79 bits per heavy atom. The highest BCUT2D eigenvalue weighted by Gasteiger charge is 2.34. The Morgan fingerprint density at radius 3 is 2.26 bits per heavy atom. The molecule has 1 rings (SSSR count). The second kappa shape index (κ2) is 6.17. The van der Waals surface area contributed by atoms with Gasteiger partial charge in [0.2, 0.25) is 5.91 Å². The number of carbonyl (C=O) groups is 4. The molecule has 1 unspecified atom stereocenters. The van der Waals surface area contributed by atoms with Crippen molar-refractivity contribution in [2.45, 2.75) is 19.9 Å². The Labute approximate surface area is 110 Å². The van der Waals surface area contributed by atoms with E-state index in [9.17, 15) is 19.2 Å². The molecule has 1 fully saturated rings. The molecule has 19 heavy (non-hydrogen) atoms. The summed E-state index contributed by atoms with van der Waals surface area (Å²) in [4.78, 5) is 47.8. The third-order valence-electron chi connectivity index (χ3n) is 2.86. The molecule has 0 aliphatic carbocycles. The van der Waals surface area contributed by atoms with Crippen molar-refractivity contribution in [3.63, 3.8) is 0 Å². The van der Waals surface area contributed by atoms with Gasteiger partial charge in [-0.3, -0.25) is 14.4 Å². The molecule has 0 bridgehead atoms. The normalized spacial score (nSPS) is 17.4. The van der Waals surface area contributed by atoms with Crippen molar-refractivity contribution in [1.82, 2.24) is 15.1 Å². The van der Waals surface area contributed by atoms with Gasteiger partial charge >= 0.3 is 17.8 Å². The lowest BCUT2D eigenvalue weighted by atomic mass is 10.2. The molecule has 0 aromatic heterocycles. The maximum Gasteiger partial charge on any atom is 0.328 e. The highest BCUT2D eigenvalue weighted by molar-refractivity contribution is 6.35. The van der Waals surface area contributed by atoms with Crippen molar-refractivity contribution in [1.29, 1.82) is 0 Å². The molecule has 0 spiro atoms. The molecule has 0 radical (unpaired) electrons. The fourth-order valence-corrected chi connectivity index (χ4v) is 1.84. The van der Waals surface area contributed by atoms with E-state index < -0.39 is 29.7 Å². The molecule has 0 aromatic carbocycles. The van der Waals surface area contributed by atoms with Crippen molar-refractivity contribution in [2.75, 3.05) is 26.2 Å². The third kappa shape index (κ3) is 3.67. The molecule has 2 N–H and O–H groups in total. The topological polar surface area (TPSA) is 107 Å². The molecule has 8 heteroatoms. The Hall–Kier alpha value is -2.12. The van der Waals surface area contributed by atoms with Gasteiger partial charge in [0, 0.05) is 26.6 Å². The summed E-state index contributed by atoms with van der Waals surface area (Å²) < 4.78 is 0. The average Bonchev–Trinajstić information content (AvgIpc) is 2.33. The van der Waals surface area contributed by atoms with Gasteiger partial charge in [-0.25, -0.2) is 4.79 Å². The predicted molar refractivity (Wildman–Crippen MR) is 64.1 cm³/mol. The number of rotatable bonds is 5. The molecular weight excluding hydrogens is 254 g/mol. The van der Waals surface area contributed by atoms with E-state index in [1.54, 1.807) is 6.92 Å². The van der Waals surface area contributed by atoms with E-state index in [4.69, 9.17) is 5.11 Å². The number of nitrogens with zero attached hydrogens (tertiary/aromatic N) is 2. The van der Waals surface area contributed by atoms with Crippen LogP contribution in [-0.4, -0.2) is 70.8 Å². The van der Waals surface area contributed by atoms with Gasteiger partial charge in [0.1, 0.15) is 6.04 Å². The summed E-state index contributed by atoms with van der Waals surface area (Å²) >= 11 is 0. The van der Waals surface area contributed by atoms with Crippen LogP contribution in [0.1, 0.15) is 13.8 Å². The molecule has 1 heterocycles. The first-order valence-electron chi connectivity index (χ1n) is 5.94. The smallest absolute Gasteiger partial charge is 0.328 e. The van der Waals surface area contributed by atoms with Crippen molar-refractivity contribution in [3.05, 3.63) is 0 Å². The Balaban J connectivity index is 2.70. The van der Waals surface area contributed by atoms with Gasteiger partial charge in [-0.2, -0.15) is 0 Å². The summed E-state index contributed by atoms with van der Waals surface area (Å²) in [7, 11) is 0. The number of hydrogen-bond acceptors (Lipinski definition) is 4. The van der Waals surface area contributed by atoms with Crippen molar-refractivity contribution >= 4 is 23.7 Å². The maximum absolute atomic E-state index is 11.8. The molecule has 8 nitrogen and oxygen atoms in total. The number of piperazine rings is 1. The van der Waals surface area contributed by atoms with Gasteiger partial charge < -0.3 is 20.2 Å². The van der Waals surface area contributed by atoms with Crippen LogP contribution in [0.2, 0.25) is 0 Å². The molecule has 1 saturated heterocycles. The van der Waals surface area contributed by atoms with Gasteiger partial charge in [-0.15, -0.1) is 0 Å². The Morgan fingerprint density at radius 1 is 1.26 bits per heavy atom. The first-order valence-corrected chi connectivity index (χ1v) is 5.94. The number of amides is 3. The third-order valence-corrected chi connectivity index (χ3v) is 2.86. The number of likely N-dealkylation sites (N-methyl/N-ethyl adjacent to an activating group) is 1. The lowest BCUT2D eigenvalue weighted by molar-refractivity contribution is -0.157. The molecule has 3 amide bonds. The Bertz CT molecular complexity index is 409. The average molecular weight is 271 g/mol. The van der Waals surface area contributed by atoms with Crippen molar-refractivity contribution < 1.29 is 24.3 Å². The summed E-state index contributed by atoms with van der Waals surface area (Å²) in [6.45, 7) is 3.81. The van der Waals surface area contributed by atoms with Crippen LogP contribution in [0.15, 0.2) is 0 Å². The molecule has 0 aromatic rings. The zero-order valence-electron chi connectivity index (χ0n) is 10.9. The predicted octanol–water partition coefficient (Wildman–Crippen LogP) is -1.73. The van der Waals surface area contributed by atoms with Crippen molar-refractivity contribution in [2.24, 2.45) is 0 Å². The fourth-order valence-electron chi connectivity index (χ4n) is 1.84. The van der Waals surface area contributed by atoms with E-state index in [-0.39, 0.29) is 13.1 Å². The number of carbonyl (C=O) groups excluding carboxylic acids is 3. The van der Waals surface area contributed by atoms with Gasteiger partial charge in [-0.05, 0) is 6.92 Å². The van der Waals surface area contributed by atoms with Gasteiger partial charge in [0.25, 0.3) is 0 Å². The summed E-state index contributed by atoms with van der Waals surface area (Å²) in [6.07, 6.45) is 0. The van der Waals surface area contributed by atoms with E-state index in [0.717, 1.165) is 4.90 Å². The number of nitrogens with one attached hydrogen (secondary N) is 1. The molecule has 106 valence electrons. The SMILES string of the molecule is CCN1CCN(CC(NC(C)=O)C(=O)O)C(=O)C1=O. The maximum atomic E-state index is 11.8. The molecule has 1 aliphatic rings. The highest BCUT2D eigenvalue weighted by Crippen LogP contribution is 2.06. The minimum Gasteiger partial charge on any atom is -0.480 e. The zero-order valence-corrected chi connectivity index (χ0v) is 10.9. The van der Waals surface area contributed by atoms with Crippen LogP contribution in [0.25, 0.3) is 0 Å². The monoisotopic (exact) mass is 271 g/mol. The van der Waals surface area contributed by atoms with E-state index in [0.29, 0.717) is 13.1 Å². The largest absolute Gasteiger partial charge is 0.480 e. The second-order valence-electron chi connectivity index (χ2n) is 4.23. The van der Waals surface area contributed by atoms with E-state index in [1.807, 2.05) is 0 Å². The summed E-state index contributed by atoms with van der Waals surface area (Å²) in [5, 5.41) is 11.2. The van der Waals surface area contributed by atoms with Crippen LogP contribution >= 0.6 is 0 Å². The lowest BCUT2D eigenvalue weighted by Gasteiger charge is -2.34. The quantitative estimate of drug-likeness (QED) is 0.578. The van der Waals surface area contributed by atoms with Crippen LogP contribution in [0, 0.1) is 0 Å². The minimum atomic E-state index is -1.24. The van der Waals surface area contributed by atoms with Crippen LogP contribution in [-0.2, 0) is 19.2 Å². The summed E-state index contributed by atoms with van der Waals surface area (Å²) in [5.74, 6) is -3.11. The number of aliphatic carboxylic acids is 1. The van der Waals surface area contributed by atoms with E-state index in [2.05, 4.69) is 5.32 Å². The zero-order chi connectivity index (χ0) is 14.6. The highest BCUT2D eigenvalue weighted by atomic mass is 16.4. The van der Waals surface area contributed by atoms with Gasteiger partial charge in [-0.1, -0.05) is 0 Å².